The van der Waals surface area contributed by atoms with Crippen LogP contribution in [0.5, 0.6) is 0 Å². The smallest absolute Gasteiger partial charge is 0.129 e. The first-order chi connectivity index (χ1) is 10.1. The van der Waals surface area contributed by atoms with Crippen molar-refractivity contribution in [2.75, 3.05) is 11.9 Å². The highest BCUT2D eigenvalue weighted by molar-refractivity contribution is 5.43. The van der Waals surface area contributed by atoms with E-state index in [1.165, 1.54) is 36.9 Å². The van der Waals surface area contributed by atoms with Gasteiger partial charge < -0.3 is 10.2 Å². The van der Waals surface area contributed by atoms with E-state index in [1.54, 1.807) is 0 Å². The second-order valence-corrected chi connectivity index (χ2v) is 6.48. The lowest BCUT2D eigenvalue weighted by molar-refractivity contribution is 0.609. The minimum Gasteiger partial charge on any atom is -0.357 e. The lowest BCUT2D eigenvalue weighted by Gasteiger charge is -2.26. The second-order valence-electron chi connectivity index (χ2n) is 6.48. The van der Waals surface area contributed by atoms with Crippen LogP contribution in [0.1, 0.15) is 64.1 Å². The summed E-state index contributed by atoms with van der Waals surface area (Å²) in [5, 5.41) is 3.62. The molecular formula is C18H31N3. The number of hydrogen-bond acceptors (Lipinski definition) is 3. The molecule has 118 valence electrons. The molecule has 1 N–H and O–H groups in total. The third-order valence-corrected chi connectivity index (χ3v) is 4.33. The lowest BCUT2D eigenvalue weighted by atomic mass is 10.1. The van der Waals surface area contributed by atoms with E-state index in [9.17, 15) is 0 Å². The Balaban J connectivity index is 2.12. The maximum Gasteiger partial charge on any atom is 0.129 e. The normalized spacial score (nSPS) is 16.0. The molecule has 1 saturated carbocycles. The van der Waals surface area contributed by atoms with Crippen LogP contribution in [-0.2, 0) is 13.0 Å². The van der Waals surface area contributed by atoms with Crippen LogP contribution in [-0.4, -0.2) is 24.1 Å². The van der Waals surface area contributed by atoms with Gasteiger partial charge in [-0.15, -0.1) is 0 Å². The average molecular weight is 289 g/mol. The van der Waals surface area contributed by atoms with Gasteiger partial charge in [-0.1, -0.05) is 26.7 Å². The first kappa shape index (κ1) is 16.3. The zero-order valence-corrected chi connectivity index (χ0v) is 14.2. The topological polar surface area (TPSA) is 28.2 Å². The van der Waals surface area contributed by atoms with Gasteiger partial charge in [0.1, 0.15) is 5.82 Å². The first-order valence-electron chi connectivity index (χ1n) is 8.60. The molecule has 0 radical (unpaired) electrons. The van der Waals surface area contributed by atoms with E-state index in [0.717, 1.165) is 31.2 Å². The summed E-state index contributed by atoms with van der Waals surface area (Å²) in [6, 6.07) is 5.85. The Kier molecular flexibility index (Phi) is 6.04. The fourth-order valence-electron chi connectivity index (χ4n) is 2.69. The van der Waals surface area contributed by atoms with Crippen LogP contribution in [0.15, 0.2) is 12.1 Å². The number of rotatable bonds is 9. The molecule has 0 bridgehead atoms. The molecule has 0 spiro atoms. The molecule has 1 atom stereocenters. The average Bonchev–Trinajstić information content (AvgIpc) is 3.29. The number of nitrogens with one attached hydrogen (secondary N) is 1. The highest BCUT2D eigenvalue weighted by Gasteiger charge is 2.20. The molecule has 0 amide bonds. The van der Waals surface area contributed by atoms with Crippen LogP contribution in [0.3, 0.4) is 0 Å². The van der Waals surface area contributed by atoms with Gasteiger partial charge in [-0.2, -0.15) is 0 Å². The summed E-state index contributed by atoms with van der Waals surface area (Å²) in [6.07, 6.45) is 7.34. The summed E-state index contributed by atoms with van der Waals surface area (Å²) in [5.41, 5.74) is 2.61. The Morgan fingerprint density at radius 3 is 2.67 bits per heavy atom. The number of aryl methyl sites for hydroxylation is 1. The van der Waals surface area contributed by atoms with Gasteiger partial charge in [0.2, 0.25) is 0 Å². The van der Waals surface area contributed by atoms with Gasteiger partial charge in [-0.25, -0.2) is 4.98 Å². The van der Waals surface area contributed by atoms with Crippen molar-refractivity contribution < 1.29 is 0 Å². The Bertz CT molecular complexity index is 440. The van der Waals surface area contributed by atoms with Gasteiger partial charge in [0.05, 0.1) is 0 Å². The molecule has 0 aromatic carbocycles. The van der Waals surface area contributed by atoms with Crippen LogP contribution < -0.4 is 10.2 Å². The second kappa shape index (κ2) is 7.79. The molecule has 1 heterocycles. The molecule has 0 aliphatic heterocycles. The molecular weight excluding hydrogens is 258 g/mol. The zero-order valence-electron chi connectivity index (χ0n) is 14.2. The Hall–Kier alpha value is -1.09. The van der Waals surface area contributed by atoms with Crippen molar-refractivity contribution in [1.29, 1.82) is 0 Å². The van der Waals surface area contributed by atoms with E-state index in [1.807, 2.05) is 0 Å². The SMILES string of the molecule is CCCc1cc(CNC2CC2)cc(N(C)C(C)CCC)n1. The van der Waals surface area contributed by atoms with E-state index >= 15 is 0 Å². The Labute approximate surface area is 130 Å². The predicted molar refractivity (Wildman–Crippen MR) is 90.9 cm³/mol. The molecule has 1 aromatic rings. The van der Waals surface area contributed by atoms with Crippen molar-refractivity contribution in [3.8, 4) is 0 Å². The summed E-state index contributed by atoms with van der Waals surface area (Å²) in [7, 11) is 2.18. The van der Waals surface area contributed by atoms with Crippen LogP contribution >= 0.6 is 0 Å². The van der Waals surface area contributed by atoms with Crippen molar-refractivity contribution >= 4 is 5.82 Å². The Morgan fingerprint density at radius 1 is 1.29 bits per heavy atom. The maximum atomic E-state index is 4.87. The quantitative estimate of drug-likeness (QED) is 0.747. The zero-order chi connectivity index (χ0) is 15.2. The van der Waals surface area contributed by atoms with Crippen LogP contribution in [0.2, 0.25) is 0 Å². The van der Waals surface area contributed by atoms with E-state index in [4.69, 9.17) is 4.98 Å². The van der Waals surface area contributed by atoms with Gasteiger partial charge in [-0.05, 0) is 50.3 Å². The van der Waals surface area contributed by atoms with Gasteiger partial charge in [0.15, 0.2) is 0 Å². The summed E-state index contributed by atoms with van der Waals surface area (Å²) >= 11 is 0. The van der Waals surface area contributed by atoms with Crippen molar-refractivity contribution in [3.63, 3.8) is 0 Å². The summed E-state index contributed by atoms with van der Waals surface area (Å²) in [5.74, 6) is 1.13. The molecule has 1 aromatic heterocycles. The van der Waals surface area contributed by atoms with Crippen molar-refractivity contribution in [2.24, 2.45) is 0 Å². The van der Waals surface area contributed by atoms with E-state index in [2.05, 4.69) is 50.2 Å². The molecule has 3 nitrogen and oxygen atoms in total. The maximum absolute atomic E-state index is 4.87. The van der Waals surface area contributed by atoms with E-state index < -0.39 is 0 Å². The summed E-state index contributed by atoms with van der Waals surface area (Å²) in [4.78, 5) is 7.20. The molecule has 21 heavy (non-hydrogen) atoms. The molecule has 1 fully saturated rings. The third-order valence-electron chi connectivity index (χ3n) is 4.33. The van der Waals surface area contributed by atoms with Gasteiger partial charge >= 0.3 is 0 Å². The van der Waals surface area contributed by atoms with Crippen molar-refractivity contribution in [3.05, 3.63) is 23.4 Å². The largest absolute Gasteiger partial charge is 0.357 e. The van der Waals surface area contributed by atoms with Gasteiger partial charge in [0, 0.05) is 31.4 Å². The van der Waals surface area contributed by atoms with E-state index in [-0.39, 0.29) is 0 Å². The number of nitrogens with zero attached hydrogens (tertiary/aromatic N) is 2. The molecule has 3 heteroatoms. The van der Waals surface area contributed by atoms with Crippen LogP contribution in [0.25, 0.3) is 0 Å². The fourth-order valence-corrected chi connectivity index (χ4v) is 2.69. The summed E-state index contributed by atoms with van der Waals surface area (Å²) in [6.45, 7) is 7.74. The molecule has 0 saturated heterocycles. The van der Waals surface area contributed by atoms with Crippen LogP contribution in [0.4, 0.5) is 5.82 Å². The standard InChI is InChI=1S/C18H31N3/c1-5-7-14(3)21(4)18-12-15(13-19-16-9-10-16)11-17(20-18)8-6-2/h11-12,14,16,19H,5-10,13H2,1-4H3. The number of anilines is 1. The number of hydrogen-bond donors (Lipinski definition) is 1. The molecule has 2 rings (SSSR count). The minimum atomic E-state index is 0.545. The Morgan fingerprint density at radius 2 is 2.05 bits per heavy atom. The van der Waals surface area contributed by atoms with Gasteiger partial charge in [-0.3, -0.25) is 0 Å². The third kappa shape index (κ3) is 4.99. The van der Waals surface area contributed by atoms with Crippen LogP contribution in [0, 0.1) is 0 Å². The monoisotopic (exact) mass is 289 g/mol. The van der Waals surface area contributed by atoms with Gasteiger partial charge in [0.25, 0.3) is 0 Å². The highest BCUT2D eigenvalue weighted by atomic mass is 15.2. The molecule has 1 aliphatic rings. The first-order valence-corrected chi connectivity index (χ1v) is 8.60. The highest BCUT2D eigenvalue weighted by Crippen LogP contribution is 2.22. The predicted octanol–water partition coefficient (Wildman–Crippen LogP) is 3.91. The molecule has 1 unspecified atom stereocenters. The van der Waals surface area contributed by atoms with Crippen molar-refractivity contribution in [2.45, 2.75) is 77.9 Å². The molecule has 1 aliphatic carbocycles. The lowest BCUT2D eigenvalue weighted by Crippen LogP contribution is -2.30. The number of aromatic nitrogens is 1. The number of pyridine rings is 1. The van der Waals surface area contributed by atoms with Crippen molar-refractivity contribution in [1.82, 2.24) is 10.3 Å². The fraction of sp³-hybridized carbons (Fsp3) is 0.722. The minimum absolute atomic E-state index is 0.545. The van der Waals surface area contributed by atoms with E-state index in [0.29, 0.717) is 6.04 Å². The summed E-state index contributed by atoms with van der Waals surface area (Å²) < 4.78 is 0.